The normalized spacial score (nSPS) is 16.3. The number of halogens is 1. The molecule has 1 aliphatic rings. The standard InChI is InChI=1S/C20H21ClN2O3S/c1-22(11-15-10-16(21)8-9-18(15)26-2)20(25)17-12-27-13-23(17)19(24)14-6-4-3-5-7-14/h3-10,17H,11-13H2,1-2H3. The average molecular weight is 405 g/mol. The van der Waals surface area contributed by atoms with Crippen molar-refractivity contribution in [3.8, 4) is 5.75 Å². The molecule has 1 saturated heterocycles. The lowest BCUT2D eigenvalue weighted by Crippen LogP contribution is -2.47. The van der Waals surface area contributed by atoms with Crippen molar-refractivity contribution in [2.24, 2.45) is 0 Å². The van der Waals surface area contributed by atoms with Crippen molar-refractivity contribution in [1.82, 2.24) is 9.80 Å². The molecule has 5 nitrogen and oxygen atoms in total. The molecular weight excluding hydrogens is 384 g/mol. The zero-order valence-corrected chi connectivity index (χ0v) is 16.8. The van der Waals surface area contributed by atoms with Crippen molar-refractivity contribution in [2.75, 3.05) is 25.8 Å². The Morgan fingerprint density at radius 2 is 2.00 bits per heavy atom. The van der Waals surface area contributed by atoms with Crippen LogP contribution in [0.4, 0.5) is 0 Å². The Labute approximate surface area is 168 Å². The zero-order valence-electron chi connectivity index (χ0n) is 15.2. The minimum absolute atomic E-state index is 0.0914. The summed E-state index contributed by atoms with van der Waals surface area (Å²) in [5, 5.41) is 0.587. The van der Waals surface area contributed by atoms with Crippen molar-refractivity contribution in [3.05, 3.63) is 64.7 Å². The molecule has 2 aromatic rings. The smallest absolute Gasteiger partial charge is 0.255 e. The van der Waals surface area contributed by atoms with Gasteiger partial charge >= 0.3 is 0 Å². The van der Waals surface area contributed by atoms with Crippen LogP contribution in [0.2, 0.25) is 5.02 Å². The van der Waals surface area contributed by atoms with Gasteiger partial charge in [0, 0.05) is 35.5 Å². The van der Waals surface area contributed by atoms with Gasteiger partial charge in [0.25, 0.3) is 5.91 Å². The third-order valence-electron chi connectivity index (χ3n) is 4.48. The zero-order chi connectivity index (χ0) is 19.4. The highest BCUT2D eigenvalue weighted by Crippen LogP contribution is 2.27. The number of hydrogen-bond donors (Lipinski definition) is 0. The second-order valence-corrected chi connectivity index (χ2v) is 7.74. The monoisotopic (exact) mass is 404 g/mol. The van der Waals surface area contributed by atoms with Gasteiger partial charge in [0.15, 0.2) is 0 Å². The summed E-state index contributed by atoms with van der Waals surface area (Å²) in [6.07, 6.45) is 0. The highest BCUT2D eigenvalue weighted by atomic mass is 35.5. The van der Waals surface area contributed by atoms with Gasteiger partial charge in [-0.2, -0.15) is 0 Å². The fourth-order valence-electron chi connectivity index (χ4n) is 3.05. The molecule has 1 unspecified atom stereocenters. The molecule has 0 aliphatic carbocycles. The van der Waals surface area contributed by atoms with Gasteiger partial charge in [0.1, 0.15) is 11.8 Å². The van der Waals surface area contributed by atoms with Crippen LogP contribution in [0, 0.1) is 0 Å². The molecule has 1 heterocycles. The predicted octanol–water partition coefficient (Wildman–Crippen LogP) is 3.52. The maximum atomic E-state index is 13.0. The Morgan fingerprint density at radius 3 is 2.70 bits per heavy atom. The van der Waals surface area contributed by atoms with E-state index >= 15 is 0 Å². The van der Waals surface area contributed by atoms with Crippen molar-refractivity contribution in [1.29, 1.82) is 0 Å². The molecule has 1 fully saturated rings. The molecule has 0 N–H and O–H groups in total. The van der Waals surface area contributed by atoms with Gasteiger partial charge in [-0.1, -0.05) is 29.8 Å². The third-order valence-corrected chi connectivity index (χ3v) is 5.72. The van der Waals surface area contributed by atoms with Crippen LogP contribution in [0.1, 0.15) is 15.9 Å². The molecule has 0 saturated carbocycles. The number of hydrogen-bond acceptors (Lipinski definition) is 4. The summed E-state index contributed by atoms with van der Waals surface area (Å²) < 4.78 is 5.36. The number of carbonyl (C=O) groups is 2. The number of ether oxygens (including phenoxy) is 1. The van der Waals surface area contributed by atoms with Gasteiger partial charge in [0.2, 0.25) is 5.91 Å². The molecule has 0 radical (unpaired) electrons. The molecule has 27 heavy (non-hydrogen) atoms. The summed E-state index contributed by atoms with van der Waals surface area (Å²) in [4.78, 5) is 29.1. The Kier molecular flexibility index (Phi) is 6.29. The SMILES string of the molecule is COc1ccc(Cl)cc1CN(C)C(=O)C1CSCN1C(=O)c1ccccc1. The fourth-order valence-corrected chi connectivity index (χ4v) is 4.39. The van der Waals surface area contributed by atoms with Crippen LogP contribution in [0.15, 0.2) is 48.5 Å². The summed E-state index contributed by atoms with van der Waals surface area (Å²) in [5.74, 6) is 1.57. The van der Waals surface area contributed by atoms with Crippen LogP contribution < -0.4 is 4.74 Å². The third kappa shape index (κ3) is 4.39. The van der Waals surface area contributed by atoms with Gasteiger partial charge < -0.3 is 14.5 Å². The van der Waals surface area contributed by atoms with Crippen LogP contribution in [0.3, 0.4) is 0 Å². The Hall–Kier alpha value is -2.18. The minimum atomic E-state index is -0.474. The van der Waals surface area contributed by atoms with E-state index in [-0.39, 0.29) is 11.8 Å². The van der Waals surface area contributed by atoms with Gasteiger partial charge in [-0.3, -0.25) is 9.59 Å². The van der Waals surface area contributed by atoms with E-state index in [1.54, 1.807) is 66.1 Å². The lowest BCUT2D eigenvalue weighted by Gasteiger charge is -2.28. The van der Waals surface area contributed by atoms with Crippen LogP contribution in [-0.4, -0.2) is 53.4 Å². The van der Waals surface area contributed by atoms with Gasteiger partial charge in [-0.25, -0.2) is 0 Å². The van der Waals surface area contributed by atoms with Gasteiger partial charge in [-0.15, -0.1) is 11.8 Å². The fraction of sp³-hybridized carbons (Fsp3) is 0.300. The van der Waals surface area contributed by atoms with E-state index in [2.05, 4.69) is 0 Å². The highest BCUT2D eigenvalue weighted by Gasteiger charge is 2.36. The lowest BCUT2D eigenvalue weighted by molar-refractivity contribution is -0.134. The molecule has 2 aromatic carbocycles. The molecule has 0 spiro atoms. The average Bonchev–Trinajstić information content (AvgIpc) is 3.17. The molecule has 0 aromatic heterocycles. The number of carbonyl (C=O) groups excluding carboxylic acids is 2. The molecule has 2 amide bonds. The quantitative estimate of drug-likeness (QED) is 0.765. The van der Waals surface area contributed by atoms with E-state index in [4.69, 9.17) is 16.3 Å². The maximum absolute atomic E-state index is 13.0. The van der Waals surface area contributed by atoms with E-state index in [9.17, 15) is 9.59 Å². The molecule has 1 aliphatic heterocycles. The van der Waals surface area contributed by atoms with Crippen molar-refractivity contribution in [3.63, 3.8) is 0 Å². The van der Waals surface area contributed by atoms with Crippen LogP contribution >= 0.6 is 23.4 Å². The van der Waals surface area contributed by atoms with Crippen LogP contribution in [0.25, 0.3) is 0 Å². The minimum Gasteiger partial charge on any atom is -0.496 e. The predicted molar refractivity (Wildman–Crippen MR) is 108 cm³/mol. The first-order chi connectivity index (χ1) is 13.0. The molecular formula is C20H21ClN2O3S. The van der Waals surface area contributed by atoms with Crippen molar-refractivity contribution < 1.29 is 14.3 Å². The highest BCUT2D eigenvalue weighted by molar-refractivity contribution is 7.99. The maximum Gasteiger partial charge on any atom is 0.255 e. The first kappa shape index (κ1) is 19.6. The van der Waals surface area contributed by atoms with E-state index in [0.717, 1.165) is 5.56 Å². The van der Waals surface area contributed by atoms with Gasteiger partial charge in [-0.05, 0) is 30.3 Å². The summed E-state index contributed by atoms with van der Waals surface area (Å²) in [7, 11) is 3.32. The number of benzene rings is 2. The van der Waals surface area contributed by atoms with Crippen molar-refractivity contribution in [2.45, 2.75) is 12.6 Å². The second kappa shape index (κ2) is 8.67. The first-order valence-electron chi connectivity index (χ1n) is 8.52. The number of likely N-dealkylation sites (N-methyl/N-ethyl adjacent to an activating group) is 1. The summed E-state index contributed by atoms with van der Waals surface area (Å²) in [6.45, 7) is 0.358. The molecule has 142 valence electrons. The summed E-state index contributed by atoms with van der Waals surface area (Å²) in [6, 6.07) is 13.9. The van der Waals surface area contributed by atoms with E-state index in [1.165, 1.54) is 0 Å². The Morgan fingerprint density at radius 1 is 1.26 bits per heavy atom. The van der Waals surface area contributed by atoms with E-state index < -0.39 is 6.04 Å². The number of methoxy groups -OCH3 is 1. The van der Waals surface area contributed by atoms with Gasteiger partial charge in [0.05, 0.1) is 13.0 Å². The van der Waals surface area contributed by atoms with Crippen LogP contribution in [-0.2, 0) is 11.3 Å². The Bertz CT molecular complexity index is 831. The Balaban J connectivity index is 1.74. The van der Waals surface area contributed by atoms with E-state index in [1.807, 2.05) is 18.2 Å². The number of thioether (sulfide) groups is 1. The molecule has 7 heteroatoms. The van der Waals surface area contributed by atoms with Crippen molar-refractivity contribution >= 4 is 35.2 Å². The first-order valence-corrected chi connectivity index (χ1v) is 10.1. The summed E-state index contributed by atoms with van der Waals surface area (Å²) in [5.41, 5.74) is 1.42. The molecule has 3 rings (SSSR count). The molecule has 1 atom stereocenters. The lowest BCUT2D eigenvalue weighted by atomic mass is 10.1. The van der Waals surface area contributed by atoms with E-state index in [0.29, 0.717) is 34.5 Å². The topological polar surface area (TPSA) is 49.9 Å². The number of nitrogens with zero attached hydrogens (tertiary/aromatic N) is 2. The number of amides is 2. The second-order valence-electron chi connectivity index (χ2n) is 6.31. The van der Waals surface area contributed by atoms with Crippen LogP contribution in [0.5, 0.6) is 5.75 Å². The largest absolute Gasteiger partial charge is 0.496 e. The number of rotatable bonds is 5. The summed E-state index contributed by atoms with van der Waals surface area (Å²) >= 11 is 7.67. The molecule has 0 bridgehead atoms.